The van der Waals surface area contributed by atoms with Crippen LogP contribution in [0.1, 0.15) is 42.0 Å². The van der Waals surface area contributed by atoms with E-state index in [0.29, 0.717) is 30.6 Å². The Balaban J connectivity index is 1.36. The van der Waals surface area contributed by atoms with Crippen molar-refractivity contribution < 1.29 is 32.9 Å². The van der Waals surface area contributed by atoms with E-state index in [0.717, 1.165) is 29.8 Å². The second kappa shape index (κ2) is 8.14. The molecule has 4 aliphatic rings. The summed E-state index contributed by atoms with van der Waals surface area (Å²) < 4.78 is 45.0. The highest BCUT2D eigenvalue weighted by Gasteiger charge is 2.75. The van der Waals surface area contributed by atoms with Crippen LogP contribution in [0.4, 0.5) is 13.2 Å². The van der Waals surface area contributed by atoms with E-state index in [4.69, 9.17) is 4.74 Å². The average Bonchev–Trinajstić information content (AvgIpc) is 3.23. The van der Waals surface area contributed by atoms with Gasteiger partial charge in [-0.2, -0.15) is 13.2 Å². The van der Waals surface area contributed by atoms with Gasteiger partial charge in [-0.05, 0) is 74.7 Å². The van der Waals surface area contributed by atoms with E-state index in [1.54, 1.807) is 13.1 Å². The van der Waals surface area contributed by atoms with Crippen LogP contribution in [0.15, 0.2) is 36.4 Å². The summed E-state index contributed by atoms with van der Waals surface area (Å²) in [5.74, 6) is 4.99. The number of nitrogens with zero attached hydrogens (tertiary/aromatic N) is 2. The van der Waals surface area contributed by atoms with E-state index in [-0.39, 0.29) is 17.7 Å². The molecule has 2 aliphatic heterocycles. The first-order valence-electron chi connectivity index (χ1n) is 12.8. The predicted molar refractivity (Wildman–Crippen MR) is 133 cm³/mol. The van der Waals surface area contributed by atoms with Crippen LogP contribution in [0.2, 0.25) is 0 Å². The summed E-state index contributed by atoms with van der Waals surface area (Å²) >= 11 is 0. The zero-order valence-electron chi connectivity index (χ0n) is 21.3. The van der Waals surface area contributed by atoms with E-state index in [2.05, 4.69) is 16.7 Å². The SMILES string of the molecule is C[C@H]1C[C@H](N(C)C(=O)C#Cc2ccc(C(F)(F)F)cc2)[C@@H]2Oc3c(O)ccc4c3[C@@]23CCN(C)[C@H](C4)[C@]13O. The topological polar surface area (TPSA) is 73.2 Å². The molecule has 2 bridgehead atoms. The lowest BCUT2D eigenvalue weighted by Crippen LogP contribution is -2.80. The average molecular weight is 527 g/mol. The number of alkyl halides is 3. The monoisotopic (exact) mass is 526 g/mol. The lowest BCUT2D eigenvalue weighted by molar-refractivity contribution is -0.220. The van der Waals surface area contributed by atoms with Crippen molar-refractivity contribution in [1.82, 2.24) is 9.80 Å². The molecule has 2 aromatic carbocycles. The number of ether oxygens (including phenoxy) is 1. The van der Waals surface area contributed by atoms with Crippen LogP contribution in [0, 0.1) is 17.8 Å². The first-order chi connectivity index (χ1) is 17.9. The van der Waals surface area contributed by atoms with Crippen molar-refractivity contribution in [3.8, 4) is 23.3 Å². The molecule has 2 aromatic rings. The number of aliphatic hydroxyl groups is 1. The number of piperidine rings is 1. The molecule has 2 heterocycles. The molecule has 6 nitrogen and oxygen atoms in total. The summed E-state index contributed by atoms with van der Waals surface area (Å²) in [6.45, 7) is 2.75. The van der Waals surface area contributed by atoms with Crippen molar-refractivity contribution in [2.45, 2.75) is 61.6 Å². The number of rotatable bonds is 1. The molecule has 6 atom stereocenters. The highest BCUT2D eigenvalue weighted by molar-refractivity contribution is 5.94. The summed E-state index contributed by atoms with van der Waals surface area (Å²) in [6, 6.07) is 7.35. The molecule has 0 unspecified atom stereocenters. The van der Waals surface area contributed by atoms with Crippen molar-refractivity contribution in [2.75, 3.05) is 20.6 Å². The van der Waals surface area contributed by atoms with Gasteiger partial charge in [0.1, 0.15) is 6.10 Å². The van der Waals surface area contributed by atoms with Crippen molar-refractivity contribution in [2.24, 2.45) is 5.92 Å². The van der Waals surface area contributed by atoms with Gasteiger partial charge in [-0.15, -0.1) is 0 Å². The van der Waals surface area contributed by atoms with Crippen LogP contribution in [-0.2, 0) is 22.8 Å². The summed E-state index contributed by atoms with van der Waals surface area (Å²) in [7, 11) is 3.67. The maximum Gasteiger partial charge on any atom is 0.416 e. The normalized spacial score (nSPS) is 33.0. The summed E-state index contributed by atoms with van der Waals surface area (Å²) in [5, 5.41) is 23.2. The fourth-order valence-corrected chi connectivity index (χ4v) is 7.63. The van der Waals surface area contributed by atoms with Gasteiger partial charge in [-0.25, -0.2) is 0 Å². The number of phenolic OH excluding ortho intramolecular Hbond substituents is 1. The fraction of sp³-hybridized carbons (Fsp3) is 0.483. The molecule has 1 amide bonds. The number of amides is 1. The van der Waals surface area contributed by atoms with Crippen LogP contribution in [0.3, 0.4) is 0 Å². The Morgan fingerprint density at radius 1 is 1.21 bits per heavy atom. The van der Waals surface area contributed by atoms with Crippen molar-refractivity contribution in [1.29, 1.82) is 0 Å². The Morgan fingerprint density at radius 3 is 2.61 bits per heavy atom. The Kier molecular flexibility index (Phi) is 5.37. The number of aromatic hydroxyl groups is 1. The number of hydrogen-bond donors (Lipinski definition) is 2. The number of likely N-dealkylation sites (N-methyl/N-ethyl adjacent to an activating group) is 2. The Morgan fingerprint density at radius 2 is 1.92 bits per heavy atom. The third-order valence-electron chi connectivity index (χ3n) is 9.47. The van der Waals surface area contributed by atoms with Gasteiger partial charge in [-0.1, -0.05) is 18.9 Å². The molecule has 9 heteroatoms. The Labute approximate surface area is 219 Å². The van der Waals surface area contributed by atoms with Crippen LogP contribution < -0.4 is 4.74 Å². The second-order valence-corrected chi connectivity index (χ2v) is 11.2. The summed E-state index contributed by atoms with van der Waals surface area (Å²) in [4.78, 5) is 17.0. The van der Waals surface area contributed by atoms with Crippen molar-refractivity contribution in [3.63, 3.8) is 0 Å². The molecule has 38 heavy (non-hydrogen) atoms. The molecule has 2 N–H and O–H groups in total. The van der Waals surface area contributed by atoms with Crippen LogP contribution in [0.25, 0.3) is 0 Å². The zero-order valence-corrected chi connectivity index (χ0v) is 21.3. The molecule has 1 spiro atoms. The lowest BCUT2D eigenvalue weighted by Gasteiger charge is -2.66. The molecule has 2 fully saturated rings. The minimum atomic E-state index is -4.44. The van der Waals surface area contributed by atoms with E-state index >= 15 is 0 Å². The van der Waals surface area contributed by atoms with Gasteiger partial charge in [0, 0.05) is 30.1 Å². The quantitative estimate of drug-likeness (QED) is 0.558. The number of carbonyl (C=O) groups is 1. The van der Waals surface area contributed by atoms with Crippen molar-refractivity contribution in [3.05, 3.63) is 58.7 Å². The second-order valence-electron chi connectivity index (χ2n) is 11.2. The van der Waals surface area contributed by atoms with Gasteiger partial charge in [0.2, 0.25) is 0 Å². The number of halogens is 3. The molecule has 1 saturated heterocycles. The van der Waals surface area contributed by atoms with Crippen molar-refractivity contribution >= 4 is 5.91 Å². The molecular formula is C29H29F3N2O4. The largest absolute Gasteiger partial charge is 0.504 e. The van der Waals surface area contributed by atoms with Gasteiger partial charge >= 0.3 is 6.18 Å². The molecule has 2 aliphatic carbocycles. The molecule has 1 saturated carbocycles. The minimum absolute atomic E-state index is 0.0229. The summed E-state index contributed by atoms with van der Waals surface area (Å²) in [6.07, 6.45) is -3.29. The first kappa shape index (κ1) is 25.1. The Bertz CT molecular complexity index is 1380. The fourth-order valence-electron chi connectivity index (χ4n) is 7.63. The number of hydrogen-bond acceptors (Lipinski definition) is 5. The van der Waals surface area contributed by atoms with E-state index < -0.39 is 40.8 Å². The van der Waals surface area contributed by atoms with Gasteiger partial charge in [-0.3, -0.25) is 4.79 Å². The number of likely N-dealkylation sites (tertiary alicyclic amines) is 1. The van der Waals surface area contributed by atoms with Gasteiger partial charge < -0.3 is 24.7 Å². The standard InChI is InChI=1S/C29H29F3N2O4/c1-16-14-20(34(3)23(36)11-6-17-4-8-19(9-5-17)29(30,31)32)26-27-12-13-33(2)22(28(16,27)37)15-18-7-10-21(35)25(38-26)24(18)27/h4-5,7-10,16,20,22,26,35,37H,12-15H2,1-3H3/t16-,20-,22+,26-,27-,28+/m0/s1. The van der Waals surface area contributed by atoms with Gasteiger partial charge in [0.05, 0.1) is 22.6 Å². The highest BCUT2D eigenvalue weighted by Crippen LogP contribution is 2.66. The van der Waals surface area contributed by atoms with E-state index in [9.17, 15) is 28.2 Å². The van der Waals surface area contributed by atoms with E-state index in [1.807, 2.05) is 20.0 Å². The first-order valence-corrected chi connectivity index (χ1v) is 12.8. The number of benzene rings is 2. The maximum atomic E-state index is 13.2. The summed E-state index contributed by atoms with van der Waals surface area (Å²) in [5.41, 5.74) is -0.465. The molecular weight excluding hydrogens is 497 g/mol. The lowest BCUT2D eigenvalue weighted by atomic mass is 9.45. The predicted octanol–water partition coefficient (Wildman–Crippen LogP) is 3.32. The highest BCUT2D eigenvalue weighted by atomic mass is 19.4. The Hall–Kier alpha value is -3.22. The molecule has 0 radical (unpaired) electrons. The zero-order chi connectivity index (χ0) is 27.2. The third kappa shape index (κ3) is 3.20. The smallest absolute Gasteiger partial charge is 0.416 e. The van der Waals surface area contributed by atoms with Crippen LogP contribution in [-0.4, -0.2) is 70.3 Å². The van der Waals surface area contributed by atoms with Gasteiger partial charge in [0.25, 0.3) is 5.91 Å². The molecule has 6 rings (SSSR count). The van der Waals surface area contributed by atoms with Gasteiger partial charge in [0.15, 0.2) is 11.5 Å². The maximum absolute atomic E-state index is 13.2. The number of carbonyl (C=O) groups excluding carboxylic acids is 1. The molecule has 200 valence electrons. The number of phenols is 1. The van der Waals surface area contributed by atoms with Crippen LogP contribution >= 0.6 is 0 Å². The minimum Gasteiger partial charge on any atom is -0.504 e. The van der Waals surface area contributed by atoms with Crippen LogP contribution in [0.5, 0.6) is 11.5 Å². The molecule has 0 aromatic heterocycles. The van der Waals surface area contributed by atoms with E-state index in [1.165, 1.54) is 17.0 Å². The third-order valence-corrected chi connectivity index (χ3v) is 9.47.